The molecule has 0 bridgehead atoms. The van der Waals surface area contributed by atoms with Crippen molar-refractivity contribution in [2.24, 2.45) is 0 Å². The predicted octanol–water partition coefficient (Wildman–Crippen LogP) is 2.88. The monoisotopic (exact) mass is 262 g/mol. The SMILES string of the molecule is COc1ccc(C(=O)CC(=O)c2ccco2)cc1F. The van der Waals surface area contributed by atoms with Gasteiger partial charge >= 0.3 is 0 Å². The van der Waals surface area contributed by atoms with Gasteiger partial charge in [-0.2, -0.15) is 0 Å². The summed E-state index contributed by atoms with van der Waals surface area (Å²) >= 11 is 0. The average molecular weight is 262 g/mol. The Kier molecular flexibility index (Phi) is 3.75. The fourth-order valence-electron chi connectivity index (χ4n) is 1.61. The predicted molar refractivity (Wildman–Crippen MR) is 64.9 cm³/mol. The molecule has 98 valence electrons. The van der Waals surface area contributed by atoms with E-state index in [1.54, 1.807) is 6.07 Å². The van der Waals surface area contributed by atoms with Crippen LogP contribution in [-0.2, 0) is 0 Å². The first-order chi connectivity index (χ1) is 9.11. The molecule has 0 atom stereocenters. The first-order valence-electron chi connectivity index (χ1n) is 5.55. The lowest BCUT2D eigenvalue weighted by atomic mass is 10.0. The minimum Gasteiger partial charge on any atom is -0.494 e. The molecule has 19 heavy (non-hydrogen) atoms. The number of benzene rings is 1. The maximum absolute atomic E-state index is 13.4. The Morgan fingerprint density at radius 1 is 1.26 bits per heavy atom. The maximum atomic E-state index is 13.4. The lowest BCUT2D eigenvalue weighted by Gasteiger charge is -2.04. The van der Waals surface area contributed by atoms with E-state index in [1.807, 2.05) is 0 Å². The summed E-state index contributed by atoms with van der Waals surface area (Å²) in [5.41, 5.74) is 0.123. The fourth-order valence-corrected chi connectivity index (χ4v) is 1.61. The molecule has 0 aliphatic carbocycles. The van der Waals surface area contributed by atoms with Gasteiger partial charge in [0.25, 0.3) is 0 Å². The van der Waals surface area contributed by atoms with Crippen LogP contribution < -0.4 is 4.74 Å². The molecule has 1 aromatic heterocycles. The first kappa shape index (κ1) is 13.0. The number of ether oxygens (including phenoxy) is 1. The number of Topliss-reactive ketones (excluding diaryl/α,β-unsaturated/α-hetero) is 2. The zero-order valence-corrected chi connectivity index (χ0v) is 10.2. The van der Waals surface area contributed by atoms with Crippen LogP contribution in [0.2, 0.25) is 0 Å². The molecule has 0 aliphatic rings. The molecule has 1 heterocycles. The van der Waals surface area contributed by atoms with Gasteiger partial charge in [0.05, 0.1) is 19.8 Å². The third-order valence-corrected chi connectivity index (χ3v) is 2.59. The highest BCUT2D eigenvalue weighted by atomic mass is 19.1. The number of ketones is 2. The van der Waals surface area contributed by atoms with E-state index in [-0.39, 0.29) is 23.5 Å². The van der Waals surface area contributed by atoms with Crippen molar-refractivity contribution in [1.82, 2.24) is 0 Å². The van der Waals surface area contributed by atoms with Gasteiger partial charge in [-0.25, -0.2) is 4.39 Å². The van der Waals surface area contributed by atoms with Crippen molar-refractivity contribution < 1.29 is 23.1 Å². The molecule has 0 fully saturated rings. The van der Waals surface area contributed by atoms with Crippen molar-refractivity contribution in [3.8, 4) is 5.75 Å². The summed E-state index contributed by atoms with van der Waals surface area (Å²) in [4.78, 5) is 23.5. The highest BCUT2D eigenvalue weighted by molar-refractivity contribution is 6.12. The third kappa shape index (κ3) is 2.88. The molecule has 2 aromatic rings. The second-order valence-corrected chi connectivity index (χ2v) is 3.85. The average Bonchev–Trinajstić information content (AvgIpc) is 2.92. The number of hydrogen-bond acceptors (Lipinski definition) is 4. The van der Waals surface area contributed by atoms with E-state index >= 15 is 0 Å². The molecule has 0 amide bonds. The molecule has 0 aliphatic heterocycles. The van der Waals surface area contributed by atoms with Crippen LogP contribution in [0.15, 0.2) is 41.0 Å². The van der Waals surface area contributed by atoms with Crippen molar-refractivity contribution in [2.45, 2.75) is 6.42 Å². The maximum Gasteiger partial charge on any atom is 0.205 e. The second-order valence-electron chi connectivity index (χ2n) is 3.85. The molecule has 0 radical (unpaired) electrons. The van der Waals surface area contributed by atoms with E-state index in [1.165, 1.54) is 31.6 Å². The van der Waals surface area contributed by atoms with Gasteiger partial charge in [-0.3, -0.25) is 9.59 Å². The summed E-state index contributed by atoms with van der Waals surface area (Å²) in [6, 6.07) is 6.85. The number of carbonyl (C=O) groups is 2. The molecule has 0 saturated carbocycles. The molecule has 0 N–H and O–H groups in total. The van der Waals surface area contributed by atoms with Crippen LogP contribution in [-0.4, -0.2) is 18.7 Å². The smallest absolute Gasteiger partial charge is 0.205 e. The van der Waals surface area contributed by atoms with Gasteiger partial charge < -0.3 is 9.15 Å². The summed E-state index contributed by atoms with van der Waals surface area (Å²) in [6.45, 7) is 0. The van der Waals surface area contributed by atoms with E-state index in [2.05, 4.69) is 0 Å². The van der Waals surface area contributed by atoms with Crippen molar-refractivity contribution in [2.75, 3.05) is 7.11 Å². The van der Waals surface area contributed by atoms with E-state index in [0.29, 0.717) is 0 Å². The standard InChI is InChI=1S/C14H11FO4/c1-18-13-5-4-9(7-10(13)15)11(16)8-12(17)14-3-2-6-19-14/h2-7H,8H2,1H3. The van der Waals surface area contributed by atoms with E-state index in [0.717, 1.165) is 6.07 Å². The number of carbonyl (C=O) groups excluding carboxylic acids is 2. The molecule has 1 aromatic carbocycles. The van der Waals surface area contributed by atoms with Gasteiger partial charge in [0.1, 0.15) is 0 Å². The van der Waals surface area contributed by atoms with E-state index in [4.69, 9.17) is 9.15 Å². The minimum absolute atomic E-state index is 0.0499. The summed E-state index contributed by atoms with van der Waals surface area (Å²) in [5, 5.41) is 0. The van der Waals surface area contributed by atoms with E-state index < -0.39 is 17.4 Å². The second kappa shape index (κ2) is 5.48. The Labute approximate surface area is 108 Å². The highest BCUT2D eigenvalue weighted by Crippen LogP contribution is 2.19. The lowest BCUT2D eigenvalue weighted by Crippen LogP contribution is -2.08. The summed E-state index contributed by atoms with van der Waals surface area (Å²) in [7, 11) is 1.33. The number of halogens is 1. The minimum atomic E-state index is -0.640. The molecule has 0 spiro atoms. The van der Waals surface area contributed by atoms with Crippen molar-refractivity contribution in [1.29, 1.82) is 0 Å². The van der Waals surface area contributed by atoms with Gasteiger partial charge in [-0.15, -0.1) is 0 Å². The Bertz CT molecular complexity index is 602. The topological polar surface area (TPSA) is 56.5 Å². The Balaban J connectivity index is 2.12. The summed E-state index contributed by atoms with van der Waals surface area (Å²) < 4.78 is 23.1. The van der Waals surface area contributed by atoms with Gasteiger partial charge in [0.15, 0.2) is 23.1 Å². The lowest BCUT2D eigenvalue weighted by molar-refractivity contribution is 0.0878. The zero-order chi connectivity index (χ0) is 13.8. The van der Waals surface area contributed by atoms with Gasteiger partial charge in [-0.05, 0) is 30.3 Å². The quantitative estimate of drug-likeness (QED) is 0.614. The molecule has 0 unspecified atom stereocenters. The summed E-state index contributed by atoms with van der Waals surface area (Å²) in [6.07, 6.45) is 0.990. The van der Waals surface area contributed by atoms with Crippen LogP contribution in [0.1, 0.15) is 27.3 Å². The zero-order valence-electron chi connectivity index (χ0n) is 10.2. The number of methoxy groups -OCH3 is 1. The molecular formula is C14H11FO4. The van der Waals surface area contributed by atoms with Crippen LogP contribution in [0.5, 0.6) is 5.75 Å². The van der Waals surface area contributed by atoms with Crippen LogP contribution in [0.4, 0.5) is 4.39 Å². The van der Waals surface area contributed by atoms with Gasteiger partial charge in [0, 0.05) is 5.56 Å². The first-order valence-corrected chi connectivity index (χ1v) is 5.55. The van der Waals surface area contributed by atoms with Crippen LogP contribution in [0.3, 0.4) is 0 Å². The molecular weight excluding hydrogens is 251 g/mol. The molecule has 0 saturated heterocycles. The van der Waals surface area contributed by atoms with Crippen molar-refractivity contribution >= 4 is 11.6 Å². The van der Waals surface area contributed by atoms with Crippen molar-refractivity contribution in [3.63, 3.8) is 0 Å². The van der Waals surface area contributed by atoms with E-state index in [9.17, 15) is 14.0 Å². The largest absolute Gasteiger partial charge is 0.494 e. The van der Waals surface area contributed by atoms with Crippen molar-refractivity contribution in [3.05, 3.63) is 53.7 Å². The van der Waals surface area contributed by atoms with Crippen LogP contribution >= 0.6 is 0 Å². The number of hydrogen-bond donors (Lipinski definition) is 0. The molecule has 2 rings (SSSR count). The summed E-state index contributed by atoms with van der Waals surface area (Å²) in [5.74, 6) is -1.38. The molecule has 5 heteroatoms. The number of furan rings is 1. The normalized spacial score (nSPS) is 10.2. The van der Waals surface area contributed by atoms with Crippen LogP contribution in [0, 0.1) is 5.82 Å². The number of rotatable bonds is 5. The molecule has 4 nitrogen and oxygen atoms in total. The highest BCUT2D eigenvalue weighted by Gasteiger charge is 2.17. The van der Waals surface area contributed by atoms with Crippen LogP contribution in [0.25, 0.3) is 0 Å². The Morgan fingerprint density at radius 2 is 2.05 bits per heavy atom. The third-order valence-electron chi connectivity index (χ3n) is 2.59. The van der Waals surface area contributed by atoms with Gasteiger partial charge in [0.2, 0.25) is 5.78 Å². The Hall–Kier alpha value is -2.43. The Morgan fingerprint density at radius 3 is 2.63 bits per heavy atom. The fraction of sp³-hybridized carbons (Fsp3) is 0.143. The van der Waals surface area contributed by atoms with Gasteiger partial charge in [-0.1, -0.05) is 0 Å².